The van der Waals surface area contributed by atoms with Crippen molar-refractivity contribution in [1.29, 1.82) is 0 Å². The van der Waals surface area contributed by atoms with E-state index in [0.717, 1.165) is 138 Å². The maximum Gasteiger partial charge on any atom is 0.140 e. The van der Waals surface area contributed by atoms with Crippen molar-refractivity contribution < 1.29 is 14.2 Å². The Bertz CT molecular complexity index is 2690. The molecule has 16 nitrogen and oxygen atoms in total. The van der Waals surface area contributed by atoms with Crippen LogP contribution in [0.4, 0.5) is 11.6 Å². The van der Waals surface area contributed by atoms with E-state index in [1.54, 1.807) is 9.36 Å². The normalized spacial score (nSPS) is 15.4. The van der Waals surface area contributed by atoms with Gasteiger partial charge in [-0.15, -0.1) is 10.2 Å². The Morgan fingerprint density at radius 2 is 1.27 bits per heavy atom. The first-order chi connectivity index (χ1) is 30.1. The van der Waals surface area contributed by atoms with Gasteiger partial charge < -0.3 is 24.0 Å². The summed E-state index contributed by atoms with van der Waals surface area (Å²) in [4.78, 5) is 18.5. The summed E-state index contributed by atoms with van der Waals surface area (Å²) in [7, 11) is 2.60. The van der Waals surface area contributed by atoms with Crippen molar-refractivity contribution in [3.63, 3.8) is 0 Å². The standard InChI is InChI=1S/C25H33N7O2Si.C20H20N6O/c1-30-17-22(27-29-30)19-5-6-23-21(15-19)25(28-32(23)18-34-13-14-35(2,3)4)20-7-8-26-24(16-20)31-9-11-33-12-10-31;1-25-13-18(23-24-25)14-2-3-16-12-22-20(17(16)10-14)15-4-5-21-19(11-15)26-6-8-27-9-7-26/h5-8,15-17H,9-14,18H2,1-4H3;2-5,10-11,13H,6-9,12H2,1H3. The molecule has 62 heavy (non-hydrogen) atoms. The lowest BCUT2D eigenvalue weighted by atomic mass is 9.97. The second kappa shape index (κ2) is 18.1. The van der Waals surface area contributed by atoms with Crippen molar-refractivity contribution in [3.8, 4) is 33.8 Å². The van der Waals surface area contributed by atoms with Gasteiger partial charge in [0.15, 0.2) is 0 Å². The van der Waals surface area contributed by atoms with Crippen molar-refractivity contribution in [1.82, 2.24) is 49.7 Å². The fourth-order valence-corrected chi connectivity index (χ4v) is 8.55. The molecule has 0 amide bonds. The second-order valence-corrected chi connectivity index (χ2v) is 22.6. The van der Waals surface area contributed by atoms with E-state index in [-0.39, 0.29) is 0 Å². The van der Waals surface area contributed by atoms with Crippen LogP contribution >= 0.6 is 0 Å². The van der Waals surface area contributed by atoms with Crippen LogP contribution in [0.25, 0.3) is 44.7 Å². The number of nitrogens with zero attached hydrogens (tertiary/aromatic N) is 13. The number of fused-ring (bicyclic) bond motifs is 2. The molecule has 3 aliphatic rings. The number of morpholine rings is 2. The molecule has 0 unspecified atom stereocenters. The molecule has 320 valence electrons. The van der Waals surface area contributed by atoms with Gasteiger partial charge in [-0.05, 0) is 54.1 Å². The Morgan fingerprint density at radius 1 is 0.677 bits per heavy atom. The number of hydrogen-bond acceptors (Lipinski definition) is 13. The van der Waals surface area contributed by atoms with Crippen LogP contribution in [0.5, 0.6) is 0 Å². The minimum absolute atomic E-state index is 0.423. The van der Waals surface area contributed by atoms with Gasteiger partial charge in [-0.2, -0.15) is 5.10 Å². The molecular formula is C45H53N13O3Si. The minimum Gasteiger partial charge on any atom is -0.378 e. The van der Waals surface area contributed by atoms with Crippen LogP contribution in [0.15, 0.2) is 90.4 Å². The zero-order valence-corrected chi connectivity index (χ0v) is 37.1. The maximum atomic E-state index is 6.07. The number of hydrogen-bond donors (Lipinski definition) is 0. The van der Waals surface area contributed by atoms with E-state index in [9.17, 15) is 0 Å². The van der Waals surface area contributed by atoms with Gasteiger partial charge in [0.25, 0.3) is 0 Å². The highest BCUT2D eigenvalue weighted by Gasteiger charge is 2.22. The Balaban J connectivity index is 0.000000163. The second-order valence-electron chi connectivity index (χ2n) is 17.0. The molecule has 7 aromatic rings. The van der Waals surface area contributed by atoms with Gasteiger partial charge in [0.2, 0.25) is 0 Å². The van der Waals surface area contributed by atoms with Gasteiger partial charge in [0.05, 0.1) is 56.6 Å². The lowest BCUT2D eigenvalue weighted by Gasteiger charge is -2.28. The van der Waals surface area contributed by atoms with Crippen molar-refractivity contribution in [2.45, 2.75) is 39.0 Å². The monoisotopic (exact) mass is 851 g/mol. The van der Waals surface area contributed by atoms with Crippen LogP contribution in [-0.4, -0.2) is 123 Å². The summed E-state index contributed by atoms with van der Waals surface area (Å²) in [5.74, 6) is 1.93. The van der Waals surface area contributed by atoms with Crippen molar-refractivity contribution >= 4 is 36.3 Å². The third kappa shape index (κ3) is 9.35. The summed E-state index contributed by atoms with van der Waals surface area (Å²) in [5.41, 5.74) is 11.3. The molecule has 0 N–H and O–H groups in total. The van der Waals surface area contributed by atoms with Gasteiger partial charge in [0.1, 0.15) is 35.4 Å². The molecule has 10 rings (SSSR count). The molecule has 0 atom stereocenters. The topological polar surface area (TPSA) is 152 Å². The molecule has 0 aliphatic carbocycles. The van der Waals surface area contributed by atoms with Crippen LogP contribution in [0, 0.1) is 0 Å². The summed E-state index contributed by atoms with van der Waals surface area (Å²) in [6, 6.07) is 22.2. The number of pyridine rings is 2. The molecule has 2 aromatic carbocycles. The van der Waals surface area contributed by atoms with Crippen LogP contribution in [-0.2, 0) is 41.6 Å². The predicted molar refractivity (Wildman–Crippen MR) is 243 cm³/mol. The summed E-state index contributed by atoms with van der Waals surface area (Å²) in [6.45, 7) is 15.3. The Hall–Kier alpha value is -6.14. The number of benzene rings is 2. The summed E-state index contributed by atoms with van der Waals surface area (Å²) >= 11 is 0. The molecule has 0 spiro atoms. The van der Waals surface area contributed by atoms with E-state index in [2.05, 4.69) is 109 Å². The zero-order valence-electron chi connectivity index (χ0n) is 36.1. The lowest BCUT2D eigenvalue weighted by molar-refractivity contribution is 0.0818. The predicted octanol–water partition coefficient (Wildman–Crippen LogP) is 6.11. The number of aromatic nitrogens is 10. The highest BCUT2D eigenvalue weighted by molar-refractivity contribution is 6.76. The molecule has 2 fully saturated rings. The Kier molecular flexibility index (Phi) is 12.0. The quantitative estimate of drug-likeness (QED) is 0.109. The largest absolute Gasteiger partial charge is 0.378 e. The third-order valence-electron chi connectivity index (χ3n) is 11.2. The number of rotatable bonds is 11. The van der Waals surface area contributed by atoms with Crippen LogP contribution < -0.4 is 9.80 Å². The minimum atomic E-state index is -1.15. The first kappa shape index (κ1) is 41.2. The summed E-state index contributed by atoms with van der Waals surface area (Å²) < 4.78 is 22.4. The Labute approximate surface area is 362 Å². The third-order valence-corrected chi connectivity index (χ3v) is 12.9. The lowest BCUT2D eigenvalue weighted by Crippen LogP contribution is -2.36. The first-order valence-electron chi connectivity index (χ1n) is 21.2. The Morgan fingerprint density at radius 3 is 1.89 bits per heavy atom. The SMILES string of the molecule is Cn1cc(-c2ccc3c(c2)C(c2ccnc(N4CCOCC4)c2)=NC3)nn1.Cn1cc(-c2ccc3c(c2)c(-c2ccnc(N4CCOCC4)c2)nn3COCC[Si](C)(C)C)nn1. The first-order valence-corrected chi connectivity index (χ1v) is 24.9. The van der Waals surface area contributed by atoms with Crippen LogP contribution in [0.2, 0.25) is 25.7 Å². The number of aryl methyl sites for hydroxylation is 2. The average molecular weight is 852 g/mol. The number of anilines is 2. The van der Waals surface area contributed by atoms with Gasteiger partial charge >= 0.3 is 0 Å². The fraction of sp³-hybridized carbons (Fsp3) is 0.378. The van der Waals surface area contributed by atoms with Crippen LogP contribution in [0.1, 0.15) is 16.7 Å². The van der Waals surface area contributed by atoms with Gasteiger partial charge in [-0.3, -0.25) is 14.4 Å². The van der Waals surface area contributed by atoms with E-state index in [0.29, 0.717) is 13.3 Å². The van der Waals surface area contributed by atoms with Crippen molar-refractivity contribution in [2.24, 2.45) is 19.1 Å². The van der Waals surface area contributed by atoms with E-state index in [1.807, 2.05) is 55.7 Å². The maximum absolute atomic E-state index is 6.07. The molecular weight excluding hydrogens is 799 g/mol. The van der Waals surface area contributed by atoms with Gasteiger partial charge in [-0.1, -0.05) is 48.3 Å². The summed E-state index contributed by atoms with van der Waals surface area (Å²) in [5, 5.41) is 22.7. The molecule has 5 aromatic heterocycles. The van der Waals surface area contributed by atoms with Gasteiger partial charge in [0, 0.05) is 101 Å². The van der Waals surface area contributed by atoms with Crippen molar-refractivity contribution in [2.75, 3.05) is 69.0 Å². The number of ether oxygens (including phenoxy) is 3. The van der Waals surface area contributed by atoms with E-state index in [4.69, 9.17) is 24.3 Å². The summed E-state index contributed by atoms with van der Waals surface area (Å²) in [6.07, 6.45) is 7.58. The van der Waals surface area contributed by atoms with Crippen LogP contribution in [0.3, 0.4) is 0 Å². The van der Waals surface area contributed by atoms with Gasteiger partial charge in [-0.25, -0.2) is 14.6 Å². The molecule has 8 heterocycles. The molecule has 17 heteroatoms. The molecule has 0 bridgehead atoms. The van der Waals surface area contributed by atoms with E-state index >= 15 is 0 Å². The highest BCUT2D eigenvalue weighted by atomic mass is 28.3. The average Bonchev–Trinajstić information content (AvgIpc) is 4.12. The fourth-order valence-electron chi connectivity index (χ4n) is 7.79. The number of aliphatic imine (C=N–C) groups is 1. The molecule has 0 saturated carbocycles. The molecule has 3 aliphatic heterocycles. The molecule has 0 radical (unpaired) electrons. The zero-order chi connectivity index (χ0) is 42.6. The van der Waals surface area contributed by atoms with E-state index in [1.165, 1.54) is 5.56 Å². The molecule has 2 saturated heterocycles. The van der Waals surface area contributed by atoms with Crippen molar-refractivity contribution in [3.05, 3.63) is 102 Å². The smallest absolute Gasteiger partial charge is 0.140 e. The van der Waals surface area contributed by atoms with E-state index < -0.39 is 8.07 Å². The highest BCUT2D eigenvalue weighted by Crippen LogP contribution is 2.33.